The minimum Gasteiger partial charge on any atom is -0.336 e. The Kier molecular flexibility index (Phi) is 5.63. The number of piperazine rings is 1. The van der Waals surface area contributed by atoms with E-state index < -0.39 is 0 Å². The zero-order valence-electron chi connectivity index (χ0n) is 11.9. The fraction of sp³-hybridized carbons (Fsp3) is 0.467. The van der Waals surface area contributed by atoms with Crippen LogP contribution in [0.1, 0.15) is 23.7 Å². The lowest BCUT2D eigenvalue weighted by Gasteiger charge is -2.36. The molecule has 1 aliphatic heterocycles. The molecule has 1 aromatic carbocycles. The first-order chi connectivity index (χ1) is 10.1. The van der Waals surface area contributed by atoms with Crippen molar-refractivity contribution in [3.8, 4) is 6.07 Å². The van der Waals surface area contributed by atoms with Crippen LogP contribution in [0.25, 0.3) is 0 Å². The Morgan fingerprint density at radius 2 is 2.10 bits per heavy atom. The van der Waals surface area contributed by atoms with E-state index in [1.807, 2.05) is 19.1 Å². The average molecular weight is 371 g/mol. The van der Waals surface area contributed by atoms with Crippen LogP contribution in [-0.4, -0.2) is 47.9 Å². The number of nitriles is 1. The van der Waals surface area contributed by atoms with Crippen molar-refractivity contribution in [1.29, 1.82) is 5.26 Å². The van der Waals surface area contributed by atoms with E-state index in [0.717, 1.165) is 24.0 Å². The van der Waals surface area contributed by atoms with E-state index in [0.29, 0.717) is 23.7 Å². The van der Waals surface area contributed by atoms with Gasteiger partial charge in [-0.15, -0.1) is 0 Å². The van der Waals surface area contributed by atoms with Crippen molar-refractivity contribution in [3.05, 3.63) is 33.3 Å². The van der Waals surface area contributed by atoms with Crippen LogP contribution in [0.3, 0.4) is 0 Å². The van der Waals surface area contributed by atoms with E-state index in [-0.39, 0.29) is 11.9 Å². The molecule has 0 radical (unpaired) electrons. The third-order valence-corrected chi connectivity index (χ3v) is 5.06. The molecule has 0 aromatic heterocycles. The van der Waals surface area contributed by atoms with E-state index in [4.69, 9.17) is 16.9 Å². The van der Waals surface area contributed by atoms with Crippen LogP contribution in [-0.2, 0) is 0 Å². The summed E-state index contributed by atoms with van der Waals surface area (Å²) in [6.45, 7) is 4.71. The minimum atomic E-state index is -0.0586. The summed E-state index contributed by atoms with van der Waals surface area (Å²) >= 11 is 9.52. The molecule has 0 bridgehead atoms. The number of amides is 1. The van der Waals surface area contributed by atoms with Gasteiger partial charge >= 0.3 is 0 Å². The van der Waals surface area contributed by atoms with Crippen molar-refractivity contribution >= 4 is 33.4 Å². The van der Waals surface area contributed by atoms with Crippen LogP contribution in [0.2, 0.25) is 5.02 Å². The molecule has 1 saturated heterocycles. The van der Waals surface area contributed by atoms with Crippen molar-refractivity contribution in [2.24, 2.45) is 0 Å². The minimum absolute atomic E-state index is 0.0500. The predicted molar refractivity (Wildman–Crippen MR) is 86.3 cm³/mol. The summed E-state index contributed by atoms with van der Waals surface area (Å²) in [5, 5.41) is 9.56. The maximum absolute atomic E-state index is 12.5. The fourth-order valence-electron chi connectivity index (χ4n) is 2.51. The second-order valence-corrected chi connectivity index (χ2v) is 6.21. The van der Waals surface area contributed by atoms with Crippen LogP contribution in [0.5, 0.6) is 0 Å². The number of hydrogen-bond donors (Lipinski definition) is 0. The molecule has 0 spiro atoms. The van der Waals surface area contributed by atoms with Crippen LogP contribution in [0.4, 0.5) is 0 Å². The van der Waals surface area contributed by atoms with Crippen molar-refractivity contribution in [2.75, 3.05) is 26.2 Å². The molecule has 2 rings (SSSR count). The summed E-state index contributed by atoms with van der Waals surface area (Å²) in [7, 11) is 0. The highest BCUT2D eigenvalue weighted by atomic mass is 79.9. The Balaban J connectivity index is 2.04. The van der Waals surface area contributed by atoms with Crippen molar-refractivity contribution in [3.63, 3.8) is 0 Å². The molecule has 0 N–H and O–H groups in total. The lowest BCUT2D eigenvalue weighted by Crippen LogP contribution is -2.51. The molecule has 112 valence electrons. The maximum Gasteiger partial charge on any atom is 0.255 e. The van der Waals surface area contributed by atoms with Crippen molar-refractivity contribution in [1.82, 2.24) is 9.80 Å². The first-order valence-electron chi connectivity index (χ1n) is 6.95. The number of carbonyl (C=O) groups is 1. The average Bonchev–Trinajstić information content (AvgIpc) is 2.51. The zero-order valence-corrected chi connectivity index (χ0v) is 14.2. The number of hydrogen-bond acceptors (Lipinski definition) is 3. The Hall–Kier alpha value is -1.09. The number of carbonyl (C=O) groups excluding carboxylic acids is 1. The summed E-state index contributed by atoms with van der Waals surface area (Å²) < 4.78 is 0.726. The first-order valence-corrected chi connectivity index (χ1v) is 8.12. The normalized spacial score (nSPS) is 17.3. The smallest absolute Gasteiger partial charge is 0.255 e. The summed E-state index contributed by atoms with van der Waals surface area (Å²) in [6.07, 6.45) is 0.807. The number of benzene rings is 1. The van der Waals surface area contributed by atoms with Gasteiger partial charge in [-0.1, -0.05) is 24.6 Å². The van der Waals surface area contributed by atoms with Gasteiger partial charge in [0.2, 0.25) is 0 Å². The van der Waals surface area contributed by atoms with Gasteiger partial charge in [-0.25, -0.2) is 0 Å². The highest BCUT2D eigenvalue weighted by Crippen LogP contribution is 2.27. The van der Waals surface area contributed by atoms with Gasteiger partial charge in [0.15, 0.2) is 0 Å². The van der Waals surface area contributed by atoms with Gasteiger partial charge < -0.3 is 4.90 Å². The molecule has 1 aliphatic rings. The molecule has 1 unspecified atom stereocenters. The van der Waals surface area contributed by atoms with E-state index in [9.17, 15) is 4.79 Å². The summed E-state index contributed by atoms with van der Waals surface area (Å²) in [6, 6.07) is 7.62. The lowest BCUT2D eigenvalue weighted by atomic mass is 10.1. The molecule has 0 saturated carbocycles. The van der Waals surface area contributed by atoms with Crippen LogP contribution in [0.15, 0.2) is 22.7 Å². The SMILES string of the molecule is CCC(C#N)N1CCN(C(=O)c2cccc(Br)c2Cl)CC1. The molecule has 21 heavy (non-hydrogen) atoms. The third kappa shape index (κ3) is 3.57. The fourth-order valence-corrected chi connectivity index (χ4v) is 3.08. The lowest BCUT2D eigenvalue weighted by molar-refractivity contribution is 0.0604. The molecule has 0 aliphatic carbocycles. The van der Waals surface area contributed by atoms with E-state index in [1.165, 1.54) is 0 Å². The van der Waals surface area contributed by atoms with E-state index in [1.54, 1.807) is 11.0 Å². The topological polar surface area (TPSA) is 47.3 Å². The molecule has 1 heterocycles. The van der Waals surface area contributed by atoms with Gasteiger partial charge in [-0.3, -0.25) is 9.69 Å². The molecular formula is C15H17BrClN3O. The van der Waals surface area contributed by atoms with Gasteiger partial charge in [-0.05, 0) is 34.5 Å². The summed E-state index contributed by atoms with van der Waals surface area (Å²) in [5.74, 6) is -0.0500. The molecule has 1 fully saturated rings. The monoisotopic (exact) mass is 369 g/mol. The van der Waals surface area contributed by atoms with Gasteiger partial charge in [0.1, 0.15) is 0 Å². The van der Waals surface area contributed by atoms with E-state index in [2.05, 4.69) is 26.9 Å². The standard InChI is InChI=1S/C15H17BrClN3O/c1-2-11(10-18)19-6-8-20(9-7-19)15(21)12-4-3-5-13(16)14(12)17/h3-5,11H,2,6-9H2,1H3. The van der Waals surface area contributed by atoms with Gasteiger partial charge in [-0.2, -0.15) is 5.26 Å². The van der Waals surface area contributed by atoms with Crippen LogP contribution < -0.4 is 0 Å². The molecule has 6 heteroatoms. The van der Waals surface area contributed by atoms with Gasteiger partial charge in [0, 0.05) is 30.7 Å². The van der Waals surface area contributed by atoms with Crippen molar-refractivity contribution in [2.45, 2.75) is 19.4 Å². The molecule has 1 atom stereocenters. The molecule has 1 amide bonds. The first kappa shape index (κ1) is 16.3. The quantitative estimate of drug-likeness (QED) is 0.821. The number of nitrogens with zero attached hydrogens (tertiary/aromatic N) is 3. The second kappa shape index (κ2) is 7.26. The highest BCUT2D eigenvalue weighted by Gasteiger charge is 2.26. The van der Waals surface area contributed by atoms with Crippen molar-refractivity contribution < 1.29 is 4.79 Å². The van der Waals surface area contributed by atoms with Crippen LogP contribution in [0, 0.1) is 11.3 Å². The number of halogens is 2. The third-order valence-electron chi connectivity index (χ3n) is 3.76. The van der Waals surface area contributed by atoms with E-state index >= 15 is 0 Å². The van der Waals surface area contributed by atoms with Gasteiger partial charge in [0.05, 0.1) is 22.7 Å². The maximum atomic E-state index is 12.5. The Bertz CT molecular complexity index is 565. The molecule has 1 aromatic rings. The Labute approximate surface area is 138 Å². The zero-order chi connectivity index (χ0) is 15.4. The summed E-state index contributed by atoms with van der Waals surface area (Å²) in [5.41, 5.74) is 0.520. The van der Waals surface area contributed by atoms with Gasteiger partial charge in [0.25, 0.3) is 5.91 Å². The summed E-state index contributed by atoms with van der Waals surface area (Å²) in [4.78, 5) is 16.5. The predicted octanol–water partition coefficient (Wildman–Crippen LogP) is 3.16. The second-order valence-electron chi connectivity index (χ2n) is 4.98. The largest absolute Gasteiger partial charge is 0.336 e. The Morgan fingerprint density at radius 1 is 1.43 bits per heavy atom. The molecular weight excluding hydrogens is 354 g/mol. The van der Waals surface area contributed by atoms with Crippen LogP contribution >= 0.6 is 27.5 Å². The molecule has 4 nitrogen and oxygen atoms in total. The Morgan fingerprint density at radius 3 is 2.67 bits per heavy atom. The number of rotatable bonds is 3. The highest BCUT2D eigenvalue weighted by molar-refractivity contribution is 9.10.